The molecule has 0 spiro atoms. The first-order valence-corrected chi connectivity index (χ1v) is 4.19. The molecule has 1 atom stereocenters. The Bertz CT molecular complexity index is 137. The second-order valence-electron chi connectivity index (χ2n) is 1.77. The van der Waals surface area contributed by atoms with Gasteiger partial charge in [0.05, 0.1) is 6.61 Å². The lowest BCUT2D eigenvalue weighted by molar-refractivity contribution is 0.133. The molecule has 1 rings (SSSR count). The minimum Gasteiger partial charge on any atom is -0.350 e. The van der Waals surface area contributed by atoms with Crippen molar-refractivity contribution in [1.29, 1.82) is 0 Å². The molecule has 54 valence electrons. The van der Waals surface area contributed by atoms with Gasteiger partial charge in [0, 0.05) is 6.54 Å². The van der Waals surface area contributed by atoms with Gasteiger partial charge in [-0.3, -0.25) is 9.88 Å². The van der Waals surface area contributed by atoms with E-state index in [2.05, 4.69) is 10.1 Å². The van der Waals surface area contributed by atoms with Crippen LogP contribution in [0.3, 0.4) is 0 Å². The second kappa shape index (κ2) is 2.36. The molecule has 1 saturated heterocycles. The van der Waals surface area contributed by atoms with E-state index in [1.165, 1.54) is 0 Å². The molecule has 6 heteroatoms. The molecule has 0 aromatic heterocycles. The maximum atomic E-state index is 10.3. The molecule has 0 bridgehead atoms. The summed E-state index contributed by atoms with van der Waals surface area (Å²) in [6.07, 6.45) is 0. The van der Waals surface area contributed by atoms with E-state index in [-0.39, 0.29) is 0 Å². The Balaban J connectivity index is 2.52. The standard InChI is InChI=1S/C3H8NO4P/c5-9(6,7)3-4-1-2-8-3/h3-4H,1-2H2,(H2,5,6,7). The van der Waals surface area contributed by atoms with Crippen molar-refractivity contribution >= 4 is 7.60 Å². The lowest BCUT2D eigenvalue weighted by Gasteiger charge is -2.09. The zero-order valence-electron chi connectivity index (χ0n) is 4.65. The first kappa shape index (κ1) is 7.18. The summed E-state index contributed by atoms with van der Waals surface area (Å²) >= 11 is 0. The summed E-state index contributed by atoms with van der Waals surface area (Å²) < 4.78 is 15.0. The zero-order chi connectivity index (χ0) is 6.91. The molecule has 0 aromatic rings. The van der Waals surface area contributed by atoms with Gasteiger partial charge in [0.15, 0.2) is 0 Å². The quantitative estimate of drug-likeness (QED) is 0.424. The summed E-state index contributed by atoms with van der Waals surface area (Å²) in [4.78, 5) is 16.9. The Labute approximate surface area is 52.2 Å². The summed E-state index contributed by atoms with van der Waals surface area (Å²) in [7, 11) is -4.05. The summed E-state index contributed by atoms with van der Waals surface area (Å²) in [5.41, 5.74) is 0. The maximum Gasteiger partial charge on any atom is 0.368 e. The highest BCUT2D eigenvalue weighted by Crippen LogP contribution is 2.41. The van der Waals surface area contributed by atoms with E-state index in [0.29, 0.717) is 13.2 Å². The van der Waals surface area contributed by atoms with E-state index < -0.39 is 13.6 Å². The van der Waals surface area contributed by atoms with Crippen molar-refractivity contribution < 1.29 is 19.1 Å². The van der Waals surface area contributed by atoms with Crippen molar-refractivity contribution in [2.75, 3.05) is 13.2 Å². The summed E-state index contributed by atoms with van der Waals surface area (Å²) in [5, 5.41) is 2.51. The molecule has 0 radical (unpaired) electrons. The fourth-order valence-electron chi connectivity index (χ4n) is 0.628. The number of ether oxygens (including phenoxy) is 1. The number of nitrogens with one attached hydrogen (secondary N) is 1. The molecular weight excluding hydrogens is 145 g/mol. The lowest BCUT2D eigenvalue weighted by Crippen LogP contribution is -2.22. The van der Waals surface area contributed by atoms with E-state index in [1.54, 1.807) is 0 Å². The van der Waals surface area contributed by atoms with E-state index in [0.717, 1.165) is 0 Å². The summed E-state index contributed by atoms with van der Waals surface area (Å²) in [6, 6.07) is 0. The molecule has 1 heterocycles. The lowest BCUT2D eigenvalue weighted by atomic mass is 10.7. The monoisotopic (exact) mass is 153 g/mol. The summed E-state index contributed by atoms with van der Waals surface area (Å²) in [6.45, 7) is 0.881. The highest BCUT2D eigenvalue weighted by molar-refractivity contribution is 7.52. The first-order chi connectivity index (χ1) is 4.11. The third-order valence-corrected chi connectivity index (χ3v) is 1.94. The van der Waals surface area contributed by atoms with Gasteiger partial charge >= 0.3 is 7.60 Å². The molecular formula is C3H8NO4P. The molecule has 0 aliphatic carbocycles. The van der Waals surface area contributed by atoms with Crippen molar-refractivity contribution in [1.82, 2.24) is 5.32 Å². The second-order valence-corrected chi connectivity index (χ2v) is 3.41. The van der Waals surface area contributed by atoms with Gasteiger partial charge in [-0.05, 0) is 0 Å². The predicted octanol–water partition coefficient (Wildman–Crippen LogP) is -0.933. The van der Waals surface area contributed by atoms with E-state index in [9.17, 15) is 4.57 Å². The minimum absolute atomic E-state index is 0.371. The van der Waals surface area contributed by atoms with Gasteiger partial charge < -0.3 is 14.5 Å². The van der Waals surface area contributed by atoms with Crippen LogP contribution in [0.1, 0.15) is 0 Å². The highest BCUT2D eigenvalue weighted by atomic mass is 31.2. The molecule has 1 unspecified atom stereocenters. The Morgan fingerprint density at radius 1 is 1.67 bits per heavy atom. The Hall–Kier alpha value is 0.0700. The predicted molar refractivity (Wildman–Crippen MR) is 29.8 cm³/mol. The van der Waals surface area contributed by atoms with Crippen LogP contribution in [0.25, 0.3) is 0 Å². The normalized spacial score (nSPS) is 28.9. The molecule has 1 aliphatic heterocycles. The number of rotatable bonds is 1. The Kier molecular flexibility index (Phi) is 1.88. The molecule has 1 aliphatic rings. The van der Waals surface area contributed by atoms with Crippen molar-refractivity contribution in [2.45, 2.75) is 5.97 Å². The average molecular weight is 153 g/mol. The third-order valence-electron chi connectivity index (χ3n) is 1.00. The van der Waals surface area contributed by atoms with Crippen LogP contribution in [-0.2, 0) is 9.30 Å². The van der Waals surface area contributed by atoms with E-state index in [4.69, 9.17) is 9.79 Å². The molecule has 0 amide bonds. The fourth-order valence-corrected chi connectivity index (χ4v) is 1.29. The van der Waals surface area contributed by atoms with E-state index >= 15 is 0 Å². The van der Waals surface area contributed by atoms with Crippen LogP contribution in [0, 0.1) is 0 Å². The third kappa shape index (κ3) is 1.74. The molecule has 9 heavy (non-hydrogen) atoms. The molecule has 1 fully saturated rings. The Morgan fingerprint density at radius 3 is 2.56 bits per heavy atom. The van der Waals surface area contributed by atoms with Gasteiger partial charge in [-0.25, -0.2) is 0 Å². The largest absolute Gasteiger partial charge is 0.368 e. The van der Waals surface area contributed by atoms with E-state index in [1.807, 2.05) is 0 Å². The van der Waals surface area contributed by atoms with Crippen LogP contribution in [0.2, 0.25) is 0 Å². The smallest absolute Gasteiger partial charge is 0.350 e. The van der Waals surface area contributed by atoms with Gasteiger partial charge in [0.25, 0.3) is 0 Å². The van der Waals surface area contributed by atoms with Crippen LogP contribution < -0.4 is 5.32 Å². The van der Waals surface area contributed by atoms with Gasteiger partial charge in [-0.1, -0.05) is 0 Å². The van der Waals surface area contributed by atoms with Gasteiger partial charge in [0.1, 0.15) is 0 Å². The molecule has 0 aromatic carbocycles. The van der Waals surface area contributed by atoms with Crippen LogP contribution in [-0.4, -0.2) is 28.9 Å². The van der Waals surface area contributed by atoms with Crippen molar-refractivity contribution in [3.63, 3.8) is 0 Å². The maximum absolute atomic E-state index is 10.3. The van der Waals surface area contributed by atoms with Crippen LogP contribution in [0.5, 0.6) is 0 Å². The van der Waals surface area contributed by atoms with Gasteiger partial charge in [-0.2, -0.15) is 0 Å². The van der Waals surface area contributed by atoms with Gasteiger partial charge in [-0.15, -0.1) is 0 Å². The van der Waals surface area contributed by atoms with Crippen LogP contribution >= 0.6 is 7.60 Å². The topological polar surface area (TPSA) is 78.8 Å². The molecule has 0 saturated carbocycles. The first-order valence-electron chi connectivity index (χ1n) is 2.51. The number of hydrogen-bond acceptors (Lipinski definition) is 3. The summed E-state index contributed by atoms with van der Waals surface area (Å²) in [5.74, 6) is -1.07. The van der Waals surface area contributed by atoms with Crippen molar-refractivity contribution in [3.8, 4) is 0 Å². The number of hydrogen-bond donors (Lipinski definition) is 3. The van der Waals surface area contributed by atoms with Crippen molar-refractivity contribution in [2.24, 2.45) is 0 Å². The highest BCUT2D eigenvalue weighted by Gasteiger charge is 2.32. The van der Waals surface area contributed by atoms with Crippen molar-refractivity contribution in [3.05, 3.63) is 0 Å². The van der Waals surface area contributed by atoms with Gasteiger partial charge in [0.2, 0.25) is 5.97 Å². The minimum atomic E-state index is -4.05. The SMILES string of the molecule is O=P(O)(O)C1NCCO1. The van der Waals surface area contributed by atoms with Crippen LogP contribution in [0.4, 0.5) is 0 Å². The van der Waals surface area contributed by atoms with Crippen LogP contribution in [0.15, 0.2) is 0 Å². The zero-order valence-corrected chi connectivity index (χ0v) is 5.54. The average Bonchev–Trinajstić information content (AvgIpc) is 2.08. The molecule has 5 nitrogen and oxygen atoms in total. The molecule has 3 N–H and O–H groups in total. The fraction of sp³-hybridized carbons (Fsp3) is 1.00. The Morgan fingerprint density at radius 2 is 2.33 bits per heavy atom.